The van der Waals surface area contributed by atoms with E-state index in [4.69, 9.17) is 9.47 Å². The van der Waals surface area contributed by atoms with E-state index in [2.05, 4.69) is 15.2 Å². The molecular formula is C22H33N3O3. The number of nitrogens with one attached hydrogen (secondary N) is 1. The van der Waals surface area contributed by atoms with Crippen LogP contribution in [0.5, 0.6) is 0 Å². The standard InChI is InChI=1S/C22H33N3O3/c26-21(19-2-9-23-10-3-19)24-11-1-18-4-16-28-22(17-18)7-12-25(13-8-22)20-5-14-27-15-6-20/h2-3,9-10,18,20H,1,4-8,11-17H2,(H,24,26). The number of piperidine rings is 1. The first-order valence-electron chi connectivity index (χ1n) is 10.9. The third-order valence-corrected chi connectivity index (χ3v) is 6.79. The van der Waals surface area contributed by atoms with Crippen LogP contribution in [-0.2, 0) is 9.47 Å². The molecule has 0 aliphatic carbocycles. The molecule has 1 spiro atoms. The first-order chi connectivity index (χ1) is 13.7. The molecule has 1 aromatic heterocycles. The van der Waals surface area contributed by atoms with Gasteiger partial charge in [0.1, 0.15) is 0 Å². The second kappa shape index (κ2) is 9.33. The summed E-state index contributed by atoms with van der Waals surface area (Å²) in [6.45, 7) is 5.72. The molecule has 1 aromatic rings. The monoisotopic (exact) mass is 387 g/mol. The Morgan fingerprint density at radius 1 is 1.14 bits per heavy atom. The number of carbonyl (C=O) groups excluding carboxylic acids is 1. The van der Waals surface area contributed by atoms with Crippen LogP contribution in [0.25, 0.3) is 0 Å². The maximum Gasteiger partial charge on any atom is 0.251 e. The van der Waals surface area contributed by atoms with Gasteiger partial charge in [-0.15, -0.1) is 0 Å². The molecule has 6 heteroatoms. The molecule has 1 amide bonds. The van der Waals surface area contributed by atoms with Gasteiger partial charge in [-0.25, -0.2) is 0 Å². The largest absolute Gasteiger partial charge is 0.381 e. The van der Waals surface area contributed by atoms with Gasteiger partial charge in [0.15, 0.2) is 0 Å². The van der Waals surface area contributed by atoms with E-state index in [-0.39, 0.29) is 11.5 Å². The predicted molar refractivity (Wildman–Crippen MR) is 107 cm³/mol. The molecule has 3 aliphatic heterocycles. The molecule has 3 fully saturated rings. The van der Waals surface area contributed by atoms with Gasteiger partial charge in [-0.1, -0.05) is 0 Å². The van der Waals surface area contributed by atoms with Gasteiger partial charge in [0.25, 0.3) is 5.91 Å². The van der Waals surface area contributed by atoms with Crippen molar-refractivity contribution in [2.75, 3.05) is 39.5 Å². The lowest BCUT2D eigenvalue weighted by molar-refractivity contribution is -0.134. The topological polar surface area (TPSA) is 63.7 Å². The van der Waals surface area contributed by atoms with E-state index in [0.29, 0.717) is 17.5 Å². The van der Waals surface area contributed by atoms with Crippen molar-refractivity contribution in [2.45, 2.75) is 56.6 Å². The first-order valence-corrected chi connectivity index (χ1v) is 10.9. The van der Waals surface area contributed by atoms with Crippen LogP contribution >= 0.6 is 0 Å². The van der Waals surface area contributed by atoms with Gasteiger partial charge in [0.05, 0.1) is 5.60 Å². The van der Waals surface area contributed by atoms with Crippen LogP contribution in [0.1, 0.15) is 55.3 Å². The number of likely N-dealkylation sites (tertiary alicyclic amines) is 1. The highest BCUT2D eigenvalue weighted by Gasteiger charge is 2.41. The highest BCUT2D eigenvalue weighted by molar-refractivity contribution is 5.93. The third-order valence-electron chi connectivity index (χ3n) is 6.79. The summed E-state index contributed by atoms with van der Waals surface area (Å²) in [6.07, 6.45) is 11.2. The SMILES string of the molecule is O=C(NCCC1CCOC2(CCN(C3CCOCC3)CC2)C1)c1ccncc1. The Labute approximate surface area is 168 Å². The van der Waals surface area contributed by atoms with Crippen molar-refractivity contribution < 1.29 is 14.3 Å². The Kier molecular flexibility index (Phi) is 6.60. The van der Waals surface area contributed by atoms with E-state index >= 15 is 0 Å². The maximum atomic E-state index is 12.2. The number of nitrogens with zero attached hydrogens (tertiary/aromatic N) is 2. The van der Waals surface area contributed by atoms with E-state index < -0.39 is 0 Å². The highest BCUT2D eigenvalue weighted by Crippen LogP contribution is 2.39. The van der Waals surface area contributed by atoms with Gasteiger partial charge in [-0.3, -0.25) is 14.7 Å². The first kappa shape index (κ1) is 19.8. The van der Waals surface area contributed by atoms with Crippen molar-refractivity contribution in [3.8, 4) is 0 Å². The minimum atomic E-state index is -0.00561. The zero-order chi connectivity index (χ0) is 19.2. The van der Waals surface area contributed by atoms with Crippen molar-refractivity contribution in [1.29, 1.82) is 0 Å². The summed E-state index contributed by atoms with van der Waals surface area (Å²) in [5.41, 5.74) is 0.749. The molecule has 0 radical (unpaired) electrons. The van der Waals surface area contributed by atoms with Gasteiger partial charge < -0.3 is 14.8 Å². The molecule has 4 heterocycles. The maximum absolute atomic E-state index is 12.2. The van der Waals surface area contributed by atoms with Crippen LogP contribution in [0, 0.1) is 5.92 Å². The Morgan fingerprint density at radius 3 is 2.64 bits per heavy atom. The smallest absolute Gasteiger partial charge is 0.251 e. The fraction of sp³-hybridized carbons (Fsp3) is 0.727. The van der Waals surface area contributed by atoms with E-state index in [1.807, 2.05) is 0 Å². The quantitative estimate of drug-likeness (QED) is 0.842. The number of pyridine rings is 1. The predicted octanol–water partition coefficient (Wildman–Crippen LogP) is 2.64. The Bertz CT molecular complexity index is 625. The summed E-state index contributed by atoms with van der Waals surface area (Å²) in [5, 5.41) is 3.06. The average Bonchev–Trinajstić information content (AvgIpc) is 2.76. The molecule has 3 saturated heterocycles. The van der Waals surface area contributed by atoms with Crippen LogP contribution in [0.15, 0.2) is 24.5 Å². The van der Waals surface area contributed by atoms with Gasteiger partial charge in [-0.2, -0.15) is 0 Å². The number of hydrogen-bond donors (Lipinski definition) is 1. The van der Waals surface area contributed by atoms with Crippen LogP contribution in [0.4, 0.5) is 0 Å². The fourth-order valence-electron chi connectivity index (χ4n) is 5.07. The number of amides is 1. The molecule has 154 valence electrons. The number of rotatable bonds is 5. The van der Waals surface area contributed by atoms with Crippen LogP contribution in [0.3, 0.4) is 0 Å². The molecule has 3 aliphatic rings. The fourth-order valence-corrected chi connectivity index (χ4v) is 5.07. The van der Waals surface area contributed by atoms with Crippen molar-refractivity contribution >= 4 is 5.91 Å². The van der Waals surface area contributed by atoms with Gasteiger partial charge in [0, 0.05) is 63.5 Å². The van der Waals surface area contributed by atoms with E-state index in [9.17, 15) is 4.79 Å². The molecule has 6 nitrogen and oxygen atoms in total. The second-order valence-corrected chi connectivity index (χ2v) is 8.55. The van der Waals surface area contributed by atoms with Crippen molar-refractivity contribution in [3.05, 3.63) is 30.1 Å². The summed E-state index contributed by atoms with van der Waals surface area (Å²) in [4.78, 5) is 18.8. The Hall–Kier alpha value is -1.50. The minimum Gasteiger partial charge on any atom is -0.381 e. The molecular weight excluding hydrogens is 354 g/mol. The summed E-state index contributed by atoms with van der Waals surface area (Å²) in [5.74, 6) is 0.634. The van der Waals surface area contributed by atoms with Crippen molar-refractivity contribution in [2.24, 2.45) is 5.92 Å². The van der Waals surface area contributed by atoms with Crippen LogP contribution in [0.2, 0.25) is 0 Å². The second-order valence-electron chi connectivity index (χ2n) is 8.55. The van der Waals surface area contributed by atoms with Gasteiger partial charge in [0.2, 0.25) is 0 Å². The zero-order valence-electron chi connectivity index (χ0n) is 16.8. The lowest BCUT2D eigenvalue weighted by Gasteiger charge is -2.48. The highest BCUT2D eigenvalue weighted by atomic mass is 16.5. The zero-order valence-corrected chi connectivity index (χ0v) is 16.8. The number of hydrogen-bond acceptors (Lipinski definition) is 5. The van der Waals surface area contributed by atoms with Crippen molar-refractivity contribution in [3.63, 3.8) is 0 Å². The lowest BCUT2D eigenvalue weighted by atomic mass is 9.78. The van der Waals surface area contributed by atoms with E-state index in [0.717, 1.165) is 71.6 Å². The number of carbonyl (C=O) groups is 1. The third kappa shape index (κ3) is 4.91. The normalized spacial score (nSPS) is 26.2. The molecule has 0 aromatic carbocycles. The Morgan fingerprint density at radius 2 is 1.89 bits per heavy atom. The molecule has 0 bridgehead atoms. The van der Waals surface area contributed by atoms with E-state index in [1.54, 1.807) is 24.5 Å². The summed E-state index contributed by atoms with van der Waals surface area (Å²) in [7, 11) is 0. The summed E-state index contributed by atoms with van der Waals surface area (Å²) >= 11 is 0. The number of aromatic nitrogens is 1. The van der Waals surface area contributed by atoms with Crippen molar-refractivity contribution in [1.82, 2.24) is 15.2 Å². The van der Waals surface area contributed by atoms with Crippen LogP contribution in [-0.4, -0.2) is 66.9 Å². The molecule has 28 heavy (non-hydrogen) atoms. The summed E-state index contributed by atoms with van der Waals surface area (Å²) in [6, 6.07) is 4.21. The molecule has 0 saturated carbocycles. The summed E-state index contributed by atoms with van der Waals surface area (Å²) < 4.78 is 11.8. The molecule has 1 N–H and O–H groups in total. The molecule has 4 rings (SSSR count). The lowest BCUT2D eigenvalue weighted by Crippen LogP contribution is -2.52. The molecule has 1 atom stereocenters. The van der Waals surface area contributed by atoms with Gasteiger partial charge in [-0.05, 0) is 63.0 Å². The van der Waals surface area contributed by atoms with E-state index in [1.165, 1.54) is 12.8 Å². The Balaban J connectivity index is 1.21. The average molecular weight is 388 g/mol. The minimum absolute atomic E-state index is 0.00561. The van der Waals surface area contributed by atoms with Crippen LogP contribution < -0.4 is 5.32 Å². The van der Waals surface area contributed by atoms with Gasteiger partial charge >= 0.3 is 0 Å². The number of ether oxygens (including phenoxy) is 2. The molecule has 1 unspecified atom stereocenters.